The molecule has 2 amide bonds. The van der Waals surface area contributed by atoms with Crippen molar-refractivity contribution in [2.24, 2.45) is 5.11 Å². The van der Waals surface area contributed by atoms with Gasteiger partial charge in [0, 0.05) is 55.4 Å². The topological polar surface area (TPSA) is 111 Å². The van der Waals surface area contributed by atoms with Crippen LogP contribution in [0.2, 0.25) is 0 Å². The standard InChI is InChI=1S/C18H26N6O3/c1-18(2,3)27-17(26)24-12-10-23(11-13-24)15-6-4-14(5-7-15)21-16(25)8-9-20-22-19/h4-7H,8-13H2,1-3H3,(H,21,25). The van der Waals surface area contributed by atoms with E-state index in [0.29, 0.717) is 18.8 Å². The minimum absolute atomic E-state index is 0.141. The number of amides is 2. The summed E-state index contributed by atoms with van der Waals surface area (Å²) in [6, 6.07) is 7.54. The van der Waals surface area contributed by atoms with Gasteiger partial charge < -0.3 is 19.9 Å². The Hall–Kier alpha value is -2.93. The minimum Gasteiger partial charge on any atom is -0.444 e. The van der Waals surface area contributed by atoms with E-state index < -0.39 is 5.60 Å². The molecule has 2 rings (SSSR count). The SMILES string of the molecule is CC(C)(C)OC(=O)N1CCN(c2ccc(NC(=O)CCN=[N+]=[N-])cc2)CC1. The summed E-state index contributed by atoms with van der Waals surface area (Å²) < 4.78 is 5.41. The van der Waals surface area contributed by atoms with Crippen molar-refractivity contribution in [3.05, 3.63) is 34.7 Å². The molecule has 0 atom stereocenters. The fourth-order valence-electron chi connectivity index (χ4n) is 2.65. The van der Waals surface area contributed by atoms with Crippen molar-refractivity contribution < 1.29 is 14.3 Å². The van der Waals surface area contributed by atoms with Crippen LogP contribution < -0.4 is 10.2 Å². The number of nitrogens with one attached hydrogen (secondary N) is 1. The van der Waals surface area contributed by atoms with Crippen molar-refractivity contribution in [2.75, 3.05) is 42.9 Å². The second-order valence-corrected chi connectivity index (χ2v) is 7.25. The molecular weight excluding hydrogens is 348 g/mol. The Balaban J connectivity index is 1.83. The van der Waals surface area contributed by atoms with Crippen LogP contribution in [-0.2, 0) is 9.53 Å². The molecule has 1 saturated heterocycles. The summed E-state index contributed by atoms with van der Waals surface area (Å²) in [5, 5.41) is 6.11. The van der Waals surface area contributed by atoms with E-state index in [1.165, 1.54) is 0 Å². The van der Waals surface area contributed by atoms with Crippen molar-refractivity contribution in [3.63, 3.8) is 0 Å². The summed E-state index contributed by atoms with van der Waals surface area (Å²) in [5.74, 6) is -0.193. The van der Waals surface area contributed by atoms with E-state index in [1.54, 1.807) is 4.90 Å². The molecule has 1 aromatic carbocycles. The molecule has 1 aromatic rings. The molecule has 9 nitrogen and oxygen atoms in total. The maximum atomic E-state index is 12.1. The molecule has 1 heterocycles. The van der Waals surface area contributed by atoms with E-state index in [2.05, 4.69) is 20.2 Å². The number of anilines is 2. The zero-order chi connectivity index (χ0) is 19.9. The highest BCUT2D eigenvalue weighted by Gasteiger charge is 2.25. The fourth-order valence-corrected chi connectivity index (χ4v) is 2.65. The molecule has 0 aromatic heterocycles. The zero-order valence-electron chi connectivity index (χ0n) is 16.0. The smallest absolute Gasteiger partial charge is 0.410 e. The maximum absolute atomic E-state index is 12.1. The van der Waals surface area contributed by atoms with Crippen LogP contribution in [0.3, 0.4) is 0 Å². The van der Waals surface area contributed by atoms with E-state index in [0.717, 1.165) is 18.8 Å². The molecule has 0 aliphatic carbocycles. The highest BCUT2D eigenvalue weighted by Crippen LogP contribution is 2.20. The first-order valence-corrected chi connectivity index (χ1v) is 8.92. The van der Waals surface area contributed by atoms with E-state index >= 15 is 0 Å². The number of piperazine rings is 1. The molecule has 0 unspecified atom stereocenters. The largest absolute Gasteiger partial charge is 0.444 e. The number of rotatable bonds is 5. The number of azide groups is 1. The van der Waals surface area contributed by atoms with Crippen LogP contribution in [0.25, 0.3) is 10.4 Å². The number of benzene rings is 1. The Bertz CT molecular complexity index is 699. The fraction of sp³-hybridized carbons (Fsp3) is 0.556. The van der Waals surface area contributed by atoms with Gasteiger partial charge in [0.2, 0.25) is 5.91 Å². The molecule has 0 radical (unpaired) electrons. The second kappa shape index (κ2) is 9.14. The number of hydrogen-bond donors (Lipinski definition) is 1. The highest BCUT2D eigenvalue weighted by molar-refractivity contribution is 5.91. The van der Waals surface area contributed by atoms with Crippen LogP contribution in [0.4, 0.5) is 16.2 Å². The Labute approximate surface area is 158 Å². The summed E-state index contributed by atoms with van der Waals surface area (Å²) in [6.45, 7) is 8.37. The van der Waals surface area contributed by atoms with Gasteiger partial charge in [-0.15, -0.1) is 0 Å². The summed E-state index contributed by atoms with van der Waals surface area (Å²) in [5.41, 5.74) is 9.45. The van der Waals surface area contributed by atoms with Gasteiger partial charge in [-0.1, -0.05) is 5.11 Å². The Morgan fingerprint density at radius 3 is 2.37 bits per heavy atom. The van der Waals surface area contributed by atoms with Gasteiger partial charge in [0.25, 0.3) is 0 Å². The Kier molecular flexibility index (Phi) is 6.90. The van der Waals surface area contributed by atoms with Crippen LogP contribution in [0.1, 0.15) is 27.2 Å². The molecule has 146 valence electrons. The van der Waals surface area contributed by atoms with Crippen LogP contribution in [-0.4, -0.2) is 55.2 Å². The van der Waals surface area contributed by atoms with Gasteiger partial charge >= 0.3 is 6.09 Å². The molecule has 1 fully saturated rings. The molecule has 0 bridgehead atoms. The summed E-state index contributed by atoms with van der Waals surface area (Å²) in [6.07, 6.45) is -0.126. The third-order valence-electron chi connectivity index (χ3n) is 3.95. The lowest BCUT2D eigenvalue weighted by atomic mass is 10.2. The van der Waals surface area contributed by atoms with Gasteiger partial charge in [-0.05, 0) is 50.6 Å². The first-order valence-electron chi connectivity index (χ1n) is 8.92. The van der Waals surface area contributed by atoms with Gasteiger partial charge in [-0.3, -0.25) is 4.79 Å². The van der Waals surface area contributed by atoms with Crippen molar-refractivity contribution in [1.29, 1.82) is 0 Å². The second-order valence-electron chi connectivity index (χ2n) is 7.25. The summed E-state index contributed by atoms with van der Waals surface area (Å²) >= 11 is 0. The van der Waals surface area contributed by atoms with Crippen LogP contribution in [0, 0.1) is 0 Å². The normalized spacial score (nSPS) is 14.3. The lowest BCUT2D eigenvalue weighted by molar-refractivity contribution is -0.116. The molecule has 27 heavy (non-hydrogen) atoms. The van der Waals surface area contributed by atoms with Crippen LogP contribution in [0.5, 0.6) is 0 Å². The first-order chi connectivity index (χ1) is 12.8. The van der Waals surface area contributed by atoms with Crippen molar-refractivity contribution in [1.82, 2.24) is 4.90 Å². The maximum Gasteiger partial charge on any atom is 0.410 e. The monoisotopic (exact) mass is 374 g/mol. The number of carbonyl (C=O) groups is 2. The predicted octanol–water partition coefficient (Wildman–Crippen LogP) is 3.38. The molecule has 0 saturated carbocycles. The number of nitrogens with zero attached hydrogens (tertiary/aromatic N) is 5. The zero-order valence-corrected chi connectivity index (χ0v) is 16.0. The van der Waals surface area contributed by atoms with Crippen molar-refractivity contribution >= 4 is 23.4 Å². The Morgan fingerprint density at radius 1 is 1.19 bits per heavy atom. The van der Waals surface area contributed by atoms with Gasteiger partial charge in [0.15, 0.2) is 0 Å². The highest BCUT2D eigenvalue weighted by atomic mass is 16.6. The molecule has 1 N–H and O–H groups in total. The van der Waals surface area contributed by atoms with E-state index in [4.69, 9.17) is 10.3 Å². The Morgan fingerprint density at radius 2 is 1.81 bits per heavy atom. The lowest BCUT2D eigenvalue weighted by Crippen LogP contribution is -2.50. The molecule has 9 heteroatoms. The van der Waals surface area contributed by atoms with Crippen molar-refractivity contribution in [3.8, 4) is 0 Å². The molecule has 1 aliphatic heterocycles. The van der Waals surface area contributed by atoms with E-state index in [-0.39, 0.29) is 25.0 Å². The number of ether oxygens (including phenoxy) is 1. The number of hydrogen-bond acceptors (Lipinski definition) is 5. The summed E-state index contributed by atoms with van der Waals surface area (Å²) in [7, 11) is 0. The predicted molar refractivity (Wildman–Crippen MR) is 104 cm³/mol. The average molecular weight is 374 g/mol. The van der Waals surface area contributed by atoms with E-state index in [9.17, 15) is 9.59 Å². The summed E-state index contributed by atoms with van der Waals surface area (Å²) in [4.78, 5) is 30.4. The third kappa shape index (κ3) is 6.71. The molecule has 0 spiro atoms. The number of carbonyl (C=O) groups excluding carboxylic acids is 2. The van der Waals surface area contributed by atoms with Crippen LogP contribution in [0.15, 0.2) is 29.4 Å². The third-order valence-corrected chi connectivity index (χ3v) is 3.95. The van der Waals surface area contributed by atoms with Crippen LogP contribution >= 0.6 is 0 Å². The van der Waals surface area contributed by atoms with E-state index in [1.807, 2.05) is 45.0 Å². The average Bonchev–Trinajstić information content (AvgIpc) is 2.61. The van der Waals surface area contributed by atoms with Gasteiger partial charge in [0.05, 0.1) is 0 Å². The van der Waals surface area contributed by atoms with Gasteiger partial charge in [-0.2, -0.15) is 0 Å². The first kappa shape index (κ1) is 20.4. The van der Waals surface area contributed by atoms with Gasteiger partial charge in [0.1, 0.15) is 5.60 Å². The van der Waals surface area contributed by atoms with Crippen molar-refractivity contribution in [2.45, 2.75) is 32.8 Å². The quantitative estimate of drug-likeness (QED) is 0.484. The molecule has 1 aliphatic rings. The van der Waals surface area contributed by atoms with Gasteiger partial charge in [-0.25, -0.2) is 4.79 Å². The minimum atomic E-state index is -0.491. The molecular formula is C18H26N6O3. The lowest BCUT2D eigenvalue weighted by Gasteiger charge is -2.36.